The Kier molecular flexibility index (Phi) is 3.21. The van der Waals surface area contributed by atoms with Crippen molar-refractivity contribution < 1.29 is 9.59 Å². The van der Waals surface area contributed by atoms with Crippen LogP contribution in [-0.2, 0) is 15.0 Å². The maximum atomic E-state index is 12.9. The molecule has 2 aliphatic heterocycles. The van der Waals surface area contributed by atoms with E-state index in [-0.39, 0.29) is 24.3 Å². The molecule has 1 aromatic heterocycles. The van der Waals surface area contributed by atoms with Gasteiger partial charge >= 0.3 is 0 Å². The highest BCUT2D eigenvalue weighted by molar-refractivity contribution is 6.38. The molecule has 3 heterocycles. The van der Waals surface area contributed by atoms with Gasteiger partial charge in [-0.05, 0) is 31.5 Å². The van der Waals surface area contributed by atoms with Gasteiger partial charge in [0.05, 0.1) is 16.9 Å². The van der Waals surface area contributed by atoms with Crippen molar-refractivity contribution in [1.29, 1.82) is 0 Å². The van der Waals surface area contributed by atoms with Crippen LogP contribution in [0.2, 0.25) is 10.0 Å². The third kappa shape index (κ3) is 1.87. The lowest BCUT2D eigenvalue weighted by atomic mass is 9.72. The summed E-state index contributed by atoms with van der Waals surface area (Å²) in [7, 11) is 0. The van der Waals surface area contributed by atoms with Gasteiger partial charge < -0.3 is 10.6 Å². The highest BCUT2D eigenvalue weighted by Gasteiger charge is 2.55. The summed E-state index contributed by atoms with van der Waals surface area (Å²) in [6.45, 7) is 3.91. The van der Waals surface area contributed by atoms with E-state index in [1.165, 1.54) is 0 Å². The lowest BCUT2D eigenvalue weighted by Gasteiger charge is -2.32. The van der Waals surface area contributed by atoms with Crippen LogP contribution in [0.25, 0.3) is 0 Å². The van der Waals surface area contributed by atoms with Crippen LogP contribution in [0.5, 0.6) is 0 Å². The summed E-state index contributed by atoms with van der Waals surface area (Å²) in [5.74, 6) is 0.00502. The smallest absolute Gasteiger partial charge is 0.240 e. The molecule has 0 aliphatic carbocycles. The number of nitrogens with one attached hydrogen (secondary N) is 2. The Morgan fingerprint density at radius 3 is 2.67 bits per heavy atom. The first-order valence-corrected chi connectivity index (χ1v) is 8.29. The quantitative estimate of drug-likeness (QED) is 0.814. The van der Waals surface area contributed by atoms with Gasteiger partial charge in [-0.25, -0.2) is 4.68 Å². The first-order chi connectivity index (χ1) is 11.3. The number of rotatable bonds is 1. The van der Waals surface area contributed by atoms with Gasteiger partial charge in [0.15, 0.2) is 0 Å². The number of fused-ring (bicyclic) bond motifs is 4. The third-order valence-electron chi connectivity index (χ3n) is 4.57. The molecule has 24 heavy (non-hydrogen) atoms. The fraction of sp³-hybridized carbons (Fsp3) is 0.312. The Morgan fingerprint density at radius 1 is 1.21 bits per heavy atom. The van der Waals surface area contributed by atoms with Crippen LogP contribution in [0.1, 0.15) is 37.4 Å². The Labute approximate surface area is 148 Å². The Hall–Kier alpha value is -2.05. The van der Waals surface area contributed by atoms with Gasteiger partial charge in [0, 0.05) is 23.0 Å². The molecule has 0 radical (unpaired) electrons. The molecule has 2 amide bonds. The summed E-state index contributed by atoms with van der Waals surface area (Å²) in [5, 5.41) is 10.8. The number of carbonyl (C=O) groups is 2. The highest BCUT2D eigenvalue weighted by atomic mass is 35.5. The Bertz CT molecular complexity index is 906. The molecule has 2 aliphatic rings. The maximum absolute atomic E-state index is 12.9. The average Bonchev–Trinajstić information content (AvgIpc) is 3.02. The molecule has 6 nitrogen and oxygen atoms in total. The summed E-state index contributed by atoms with van der Waals surface area (Å²) in [5.41, 5.74) is 0.619. The van der Waals surface area contributed by atoms with Gasteiger partial charge in [-0.2, -0.15) is 5.10 Å². The normalized spacial score (nSPS) is 21.7. The molecule has 4 rings (SSSR count). The van der Waals surface area contributed by atoms with Crippen molar-refractivity contribution in [2.75, 3.05) is 10.6 Å². The molecule has 8 heteroatoms. The number of aromatic nitrogens is 2. The summed E-state index contributed by atoms with van der Waals surface area (Å²) in [6, 6.07) is 3.30. The number of nitrogens with zero attached hydrogens (tertiary/aromatic N) is 2. The first kappa shape index (κ1) is 15.5. The molecule has 0 fully saturated rings. The van der Waals surface area contributed by atoms with Crippen molar-refractivity contribution >= 4 is 46.5 Å². The van der Waals surface area contributed by atoms with Gasteiger partial charge in [-0.15, -0.1) is 0 Å². The number of hydrogen-bond donors (Lipinski definition) is 2. The molecule has 2 N–H and O–H groups in total. The van der Waals surface area contributed by atoms with Crippen LogP contribution < -0.4 is 10.6 Å². The van der Waals surface area contributed by atoms with Crippen molar-refractivity contribution in [2.24, 2.45) is 0 Å². The molecule has 1 aromatic carbocycles. The summed E-state index contributed by atoms with van der Waals surface area (Å²) >= 11 is 12.4. The van der Waals surface area contributed by atoms with E-state index in [1.807, 2.05) is 13.8 Å². The van der Waals surface area contributed by atoms with Crippen LogP contribution in [0.3, 0.4) is 0 Å². The second-order valence-corrected chi connectivity index (χ2v) is 7.18. The molecule has 0 bridgehead atoms. The minimum absolute atomic E-state index is 0.0146. The van der Waals surface area contributed by atoms with E-state index in [0.29, 0.717) is 32.7 Å². The van der Waals surface area contributed by atoms with E-state index in [1.54, 1.807) is 23.0 Å². The fourth-order valence-electron chi connectivity index (χ4n) is 3.53. The third-order valence-corrected chi connectivity index (χ3v) is 5.09. The molecule has 0 unspecified atom stereocenters. The number of benzene rings is 1. The molecular formula is C16H14Cl2N4O2. The van der Waals surface area contributed by atoms with Crippen molar-refractivity contribution in [3.05, 3.63) is 39.5 Å². The average molecular weight is 365 g/mol. The summed E-state index contributed by atoms with van der Waals surface area (Å²) < 4.78 is 1.70. The van der Waals surface area contributed by atoms with E-state index in [2.05, 4.69) is 15.7 Å². The Morgan fingerprint density at radius 2 is 1.96 bits per heavy atom. The monoisotopic (exact) mass is 364 g/mol. The molecule has 2 aromatic rings. The lowest BCUT2D eigenvalue weighted by Crippen LogP contribution is -2.43. The zero-order valence-corrected chi connectivity index (χ0v) is 14.5. The topological polar surface area (TPSA) is 76.0 Å². The predicted molar refractivity (Wildman–Crippen MR) is 91.7 cm³/mol. The number of halogens is 2. The van der Waals surface area contributed by atoms with Crippen LogP contribution in [0.15, 0.2) is 18.3 Å². The second kappa shape index (κ2) is 4.97. The minimum atomic E-state index is -1.16. The first-order valence-electron chi connectivity index (χ1n) is 7.53. The molecule has 124 valence electrons. The van der Waals surface area contributed by atoms with E-state index in [4.69, 9.17) is 23.2 Å². The zero-order valence-electron chi connectivity index (χ0n) is 13.0. The SMILES string of the molecule is CC(C)n1ncc2c1NC(=O)C[C@]21C(=O)Nc2c(Cl)cc(Cl)cc21. The van der Waals surface area contributed by atoms with Gasteiger partial charge in [0.1, 0.15) is 11.2 Å². The van der Waals surface area contributed by atoms with Gasteiger partial charge in [0.25, 0.3) is 0 Å². The van der Waals surface area contributed by atoms with Crippen LogP contribution in [0.4, 0.5) is 11.5 Å². The zero-order chi connectivity index (χ0) is 17.2. The standard InChI is InChI=1S/C16H14Cl2N4O2/c1-7(2)22-14-10(6-19-22)16(5-12(23)20-14)9-3-8(17)4-11(18)13(9)21-15(16)24/h3-4,6-7H,5H2,1-2H3,(H,20,23)(H,21,24)/t16-/m1/s1. The van der Waals surface area contributed by atoms with Crippen molar-refractivity contribution in [3.63, 3.8) is 0 Å². The van der Waals surface area contributed by atoms with E-state index < -0.39 is 5.41 Å². The minimum Gasteiger partial charge on any atom is -0.323 e. The molecule has 1 atom stereocenters. The maximum Gasteiger partial charge on any atom is 0.240 e. The van der Waals surface area contributed by atoms with E-state index >= 15 is 0 Å². The van der Waals surface area contributed by atoms with Crippen LogP contribution in [0, 0.1) is 0 Å². The van der Waals surface area contributed by atoms with Crippen molar-refractivity contribution in [2.45, 2.75) is 31.7 Å². The molecule has 0 saturated heterocycles. The number of carbonyl (C=O) groups excluding carboxylic acids is 2. The highest BCUT2D eigenvalue weighted by Crippen LogP contribution is 2.52. The number of amides is 2. The Balaban J connectivity index is 2.04. The number of hydrogen-bond acceptors (Lipinski definition) is 3. The summed E-state index contributed by atoms with van der Waals surface area (Å²) in [4.78, 5) is 25.3. The van der Waals surface area contributed by atoms with E-state index in [0.717, 1.165) is 0 Å². The van der Waals surface area contributed by atoms with E-state index in [9.17, 15) is 9.59 Å². The largest absolute Gasteiger partial charge is 0.323 e. The fourth-order valence-corrected chi connectivity index (χ4v) is 4.07. The van der Waals surface area contributed by atoms with Crippen LogP contribution in [-0.4, -0.2) is 21.6 Å². The summed E-state index contributed by atoms with van der Waals surface area (Å²) in [6.07, 6.45) is 1.62. The van der Waals surface area contributed by atoms with Gasteiger partial charge in [-0.1, -0.05) is 23.2 Å². The van der Waals surface area contributed by atoms with Crippen molar-refractivity contribution in [3.8, 4) is 0 Å². The van der Waals surface area contributed by atoms with Crippen LogP contribution >= 0.6 is 23.2 Å². The molecule has 1 spiro atoms. The number of anilines is 2. The lowest BCUT2D eigenvalue weighted by molar-refractivity contribution is -0.125. The molecular weight excluding hydrogens is 351 g/mol. The van der Waals surface area contributed by atoms with Crippen molar-refractivity contribution in [1.82, 2.24) is 9.78 Å². The second-order valence-electron chi connectivity index (χ2n) is 6.34. The predicted octanol–water partition coefficient (Wildman–Crippen LogP) is 3.35. The van der Waals surface area contributed by atoms with Gasteiger partial charge in [-0.3, -0.25) is 9.59 Å². The molecule has 0 saturated carbocycles. The van der Waals surface area contributed by atoms with Gasteiger partial charge in [0.2, 0.25) is 11.8 Å².